The quantitative estimate of drug-likeness (QED) is 0.129. The fraction of sp³-hybridized carbons (Fsp3) is 0.0980. The number of hydrogen-bond donors (Lipinski definition) is 2. The van der Waals surface area contributed by atoms with Gasteiger partial charge in [-0.15, -0.1) is 0 Å². The third-order valence-corrected chi connectivity index (χ3v) is 10.4. The number of phenolic OH excluding ortho intramolecular Hbond substituents is 2. The monoisotopic (exact) mass is 686 g/mol. The standard InChI is InChI=1S/C51H42O2/c1-33(2)43(29-20-35-13-5-4-6-14-35)49-34(3)12-11-19-48(49)51-46-17-9-7-15-44(46)50(45-16-8-10-18-47(45)51)40-31-38(36-21-25-41(52)26-22-36)30-39(32-40)37-23-27-42(53)28-24-37/h4-10,13-32,52-53H,11-12H2,1-3H3/b29-20-. The first-order chi connectivity index (χ1) is 25.9. The van der Waals surface area contributed by atoms with Gasteiger partial charge in [-0.1, -0.05) is 133 Å². The highest BCUT2D eigenvalue weighted by Crippen LogP contribution is 2.48. The summed E-state index contributed by atoms with van der Waals surface area (Å²) in [6.07, 6.45) is 9.04. The van der Waals surface area contributed by atoms with Crippen LogP contribution in [0.4, 0.5) is 0 Å². The minimum absolute atomic E-state index is 0.240. The highest BCUT2D eigenvalue weighted by molar-refractivity contribution is 6.20. The van der Waals surface area contributed by atoms with Crippen LogP contribution in [-0.4, -0.2) is 10.2 Å². The lowest BCUT2D eigenvalue weighted by molar-refractivity contribution is 0.475. The lowest BCUT2D eigenvalue weighted by Gasteiger charge is -2.26. The van der Waals surface area contributed by atoms with Crippen molar-refractivity contribution in [2.75, 3.05) is 0 Å². The molecule has 1 aliphatic carbocycles. The minimum Gasteiger partial charge on any atom is -0.508 e. The van der Waals surface area contributed by atoms with E-state index in [4.69, 9.17) is 0 Å². The zero-order chi connectivity index (χ0) is 36.5. The third-order valence-electron chi connectivity index (χ3n) is 10.4. The normalized spacial score (nSPS) is 13.2. The molecule has 0 saturated carbocycles. The van der Waals surface area contributed by atoms with E-state index in [-0.39, 0.29) is 11.5 Å². The number of fused-ring (bicyclic) bond motifs is 2. The molecular formula is C51H42O2. The predicted octanol–water partition coefficient (Wildman–Crippen LogP) is 13.9. The Balaban J connectivity index is 1.39. The Morgan fingerprint density at radius 1 is 0.528 bits per heavy atom. The Bertz CT molecular complexity index is 2490. The molecule has 0 radical (unpaired) electrons. The van der Waals surface area contributed by atoms with Crippen LogP contribution < -0.4 is 0 Å². The van der Waals surface area contributed by atoms with E-state index in [9.17, 15) is 10.2 Å². The Morgan fingerprint density at radius 3 is 1.51 bits per heavy atom. The molecule has 7 aromatic carbocycles. The van der Waals surface area contributed by atoms with Crippen molar-refractivity contribution in [3.63, 3.8) is 0 Å². The van der Waals surface area contributed by atoms with Gasteiger partial charge in [-0.3, -0.25) is 0 Å². The number of hydrogen-bond acceptors (Lipinski definition) is 2. The maximum Gasteiger partial charge on any atom is 0.115 e. The van der Waals surface area contributed by atoms with Crippen molar-refractivity contribution in [1.82, 2.24) is 0 Å². The maximum atomic E-state index is 10.1. The molecule has 0 spiro atoms. The minimum atomic E-state index is 0.240. The summed E-state index contributed by atoms with van der Waals surface area (Å²) < 4.78 is 0. The summed E-state index contributed by atoms with van der Waals surface area (Å²) >= 11 is 0. The van der Waals surface area contributed by atoms with Gasteiger partial charge < -0.3 is 10.2 Å². The second-order valence-electron chi connectivity index (χ2n) is 14.2. The van der Waals surface area contributed by atoms with Crippen molar-refractivity contribution in [3.8, 4) is 44.9 Å². The van der Waals surface area contributed by atoms with Crippen molar-refractivity contribution >= 4 is 33.2 Å². The van der Waals surface area contributed by atoms with Crippen molar-refractivity contribution in [3.05, 3.63) is 191 Å². The smallest absolute Gasteiger partial charge is 0.115 e. The van der Waals surface area contributed by atoms with E-state index in [1.54, 1.807) is 24.3 Å². The van der Waals surface area contributed by atoms with Crippen molar-refractivity contribution in [2.24, 2.45) is 0 Å². The van der Waals surface area contributed by atoms with E-state index in [0.29, 0.717) is 0 Å². The molecule has 0 heterocycles. The predicted molar refractivity (Wildman–Crippen MR) is 225 cm³/mol. The average Bonchev–Trinajstić information content (AvgIpc) is 3.18. The number of phenols is 2. The summed E-state index contributed by atoms with van der Waals surface area (Å²) in [5.74, 6) is 0.479. The fourth-order valence-corrected chi connectivity index (χ4v) is 7.88. The van der Waals surface area contributed by atoms with Crippen LogP contribution in [0.2, 0.25) is 0 Å². The van der Waals surface area contributed by atoms with Gasteiger partial charge in [0, 0.05) is 0 Å². The van der Waals surface area contributed by atoms with Gasteiger partial charge in [0.2, 0.25) is 0 Å². The van der Waals surface area contributed by atoms with Crippen LogP contribution in [0.25, 0.3) is 66.6 Å². The van der Waals surface area contributed by atoms with Gasteiger partial charge in [-0.05, 0) is 159 Å². The van der Waals surface area contributed by atoms with Crippen LogP contribution in [0.5, 0.6) is 11.5 Å². The van der Waals surface area contributed by atoms with Crippen LogP contribution >= 0.6 is 0 Å². The molecule has 0 amide bonds. The van der Waals surface area contributed by atoms with Crippen LogP contribution in [0.15, 0.2) is 180 Å². The second kappa shape index (κ2) is 14.3. The van der Waals surface area contributed by atoms with E-state index in [2.05, 4.69) is 136 Å². The summed E-state index contributed by atoms with van der Waals surface area (Å²) in [7, 11) is 0. The summed E-state index contributed by atoms with van der Waals surface area (Å²) in [6.45, 7) is 6.76. The number of rotatable bonds is 7. The topological polar surface area (TPSA) is 40.5 Å². The number of allylic oxidation sites excluding steroid dienone is 7. The van der Waals surface area contributed by atoms with Gasteiger partial charge in [-0.25, -0.2) is 0 Å². The van der Waals surface area contributed by atoms with Crippen LogP contribution in [0.3, 0.4) is 0 Å². The van der Waals surface area contributed by atoms with Gasteiger partial charge >= 0.3 is 0 Å². The zero-order valence-corrected chi connectivity index (χ0v) is 30.4. The Hall–Kier alpha value is -6.38. The SMILES string of the molecule is CC(C)=C(/C=C\c1ccccc1)C1=C(C)CCC=C1c1c2ccccc2c(-c2cc(-c3ccc(O)cc3)cc(-c3ccc(O)cc3)c2)c2ccccc12. The molecular weight excluding hydrogens is 645 g/mol. The van der Waals surface area contributed by atoms with Crippen LogP contribution in [-0.2, 0) is 0 Å². The highest BCUT2D eigenvalue weighted by atomic mass is 16.3. The molecule has 0 fully saturated rings. The lowest BCUT2D eigenvalue weighted by atomic mass is 9.77. The van der Waals surface area contributed by atoms with Crippen LogP contribution in [0, 0.1) is 0 Å². The average molecular weight is 687 g/mol. The molecule has 53 heavy (non-hydrogen) atoms. The van der Waals surface area contributed by atoms with E-state index in [1.807, 2.05) is 24.3 Å². The second-order valence-corrected chi connectivity index (χ2v) is 14.2. The van der Waals surface area contributed by atoms with E-state index in [0.717, 1.165) is 40.7 Å². The molecule has 0 bridgehead atoms. The fourth-order valence-electron chi connectivity index (χ4n) is 7.88. The summed E-state index contributed by atoms with van der Waals surface area (Å²) in [5, 5.41) is 25.1. The van der Waals surface area contributed by atoms with Gasteiger partial charge in [0.1, 0.15) is 11.5 Å². The summed E-state index contributed by atoms with van der Waals surface area (Å²) in [4.78, 5) is 0. The van der Waals surface area contributed by atoms with Gasteiger partial charge in [-0.2, -0.15) is 0 Å². The molecule has 0 atom stereocenters. The third kappa shape index (κ3) is 6.61. The van der Waals surface area contributed by atoms with Gasteiger partial charge in [0.15, 0.2) is 0 Å². The molecule has 1 aliphatic rings. The van der Waals surface area contributed by atoms with E-state index in [1.165, 1.54) is 66.1 Å². The van der Waals surface area contributed by atoms with Crippen molar-refractivity contribution in [1.29, 1.82) is 0 Å². The summed E-state index contributed by atoms with van der Waals surface area (Å²) in [6, 6.07) is 49.8. The molecule has 7 aromatic rings. The molecule has 0 saturated heterocycles. The zero-order valence-electron chi connectivity index (χ0n) is 30.4. The Kier molecular flexibility index (Phi) is 9.12. The number of aromatic hydroxyl groups is 2. The molecule has 2 N–H and O–H groups in total. The molecule has 0 aromatic heterocycles. The van der Waals surface area contributed by atoms with Crippen LogP contribution in [0.1, 0.15) is 44.7 Å². The number of benzene rings is 7. The Labute approximate surface area is 312 Å². The molecule has 2 heteroatoms. The maximum absolute atomic E-state index is 10.1. The largest absolute Gasteiger partial charge is 0.508 e. The first kappa shape index (κ1) is 33.7. The van der Waals surface area contributed by atoms with Gasteiger partial charge in [0.25, 0.3) is 0 Å². The van der Waals surface area contributed by atoms with Crippen molar-refractivity contribution in [2.45, 2.75) is 33.6 Å². The highest BCUT2D eigenvalue weighted by Gasteiger charge is 2.24. The van der Waals surface area contributed by atoms with Crippen molar-refractivity contribution < 1.29 is 10.2 Å². The molecule has 258 valence electrons. The van der Waals surface area contributed by atoms with Gasteiger partial charge in [0.05, 0.1) is 0 Å². The Morgan fingerprint density at radius 2 is 1.00 bits per heavy atom. The molecule has 0 unspecified atom stereocenters. The first-order valence-electron chi connectivity index (χ1n) is 18.3. The molecule has 8 rings (SSSR count). The molecule has 0 aliphatic heterocycles. The first-order valence-corrected chi connectivity index (χ1v) is 18.3. The van der Waals surface area contributed by atoms with E-state index >= 15 is 0 Å². The van der Waals surface area contributed by atoms with E-state index < -0.39 is 0 Å². The molecule has 2 nitrogen and oxygen atoms in total. The summed E-state index contributed by atoms with van der Waals surface area (Å²) in [5.41, 5.74) is 15.5. The lowest BCUT2D eigenvalue weighted by Crippen LogP contribution is -2.05.